The minimum absolute atomic E-state index is 0.457. The molecule has 0 aromatic rings. The zero-order valence-corrected chi connectivity index (χ0v) is 13.6. The molecule has 2 fully saturated rings. The fourth-order valence-electron chi connectivity index (χ4n) is 4.00. The second-order valence-electron chi connectivity index (χ2n) is 7.59. The molecule has 2 aliphatic rings. The molecule has 0 aromatic carbocycles. The lowest BCUT2D eigenvalue weighted by Gasteiger charge is -2.50. The Balaban J connectivity index is 1.94. The molecule has 1 unspecified atom stereocenters. The first kappa shape index (κ1) is 15.3. The van der Waals surface area contributed by atoms with Gasteiger partial charge in [-0.2, -0.15) is 0 Å². The Bertz CT molecular complexity index is 288. The lowest BCUT2D eigenvalue weighted by Crippen LogP contribution is -2.58. The van der Waals surface area contributed by atoms with Crippen LogP contribution in [0.4, 0.5) is 0 Å². The maximum atomic E-state index is 3.58. The molecule has 1 aliphatic heterocycles. The van der Waals surface area contributed by atoms with Crippen molar-refractivity contribution < 1.29 is 0 Å². The zero-order chi connectivity index (χ0) is 14.1. The predicted octanol–water partition coefficient (Wildman–Crippen LogP) is 2.04. The quantitative estimate of drug-likeness (QED) is 0.794. The molecule has 19 heavy (non-hydrogen) atoms. The van der Waals surface area contributed by atoms with Crippen LogP contribution in [0.1, 0.15) is 39.5 Å². The first-order valence-electron chi connectivity index (χ1n) is 7.97. The number of hydrogen-bond donors (Lipinski definition) is 1. The van der Waals surface area contributed by atoms with Gasteiger partial charge in [-0.3, -0.25) is 0 Å². The molecule has 1 N–H and O–H groups in total. The van der Waals surface area contributed by atoms with E-state index < -0.39 is 0 Å². The lowest BCUT2D eigenvalue weighted by molar-refractivity contribution is 0.0118. The van der Waals surface area contributed by atoms with Crippen molar-refractivity contribution in [2.24, 2.45) is 11.3 Å². The van der Waals surface area contributed by atoms with Gasteiger partial charge in [0.25, 0.3) is 0 Å². The minimum Gasteiger partial charge on any atom is -0.316 e. The summed E-state index contributed by atoms with van der Waals surface area (Å²) in [5.74, 6) is 0.765. The molecule has 2 rings (SSSR count). The SMILES string of the molecule is CC(C)C1(CN(C)CC2(N(C)C)CCC2)CCNC1. The molecule has 1 aliphatic carbocycles. The fourth-order valence-corrected chi connectivity index (χ4v) is 4.00. The highest BCUT2D eigenvalue weighted by Gasteiger charge is 2.42. The van der Waals surface area contributed by atoms with Gasteiger partial charge in [0.05, 0.1) is 0 Å². The van der Waals surface area contributed by atoms with Gasteiger partial charge in [-0.25, -0.2) is 0 Å². The van der Waals surface area contributed by atoms with E-state index in [1.165, 1.54) is 51.9 Å². The molecular formula is C16H33N3. The molecule has 0 radical (unpaired) electrons. The molecule has 1 saturated carbocycles. The summed E-state index contributed by atoms with van der Waals surface area (Å²) in [6, 6.07) is 0. The van der Waals surface area contributed by atoms with Gasteiger partial charge in [0.1, 0.15) is 0 Å². The van der Waals surface area contributed by atoms with E-state index >= 15 is 0 Å². The van der Waals surface area contributed by atoms with Crippen LogP contribution in [0.5, 0.6) is 0 Å². The number of nitrogens with zero attached hydrogens (tertiary/aromatic N) is 2. The Morgan fingerprint density at radius 3 is 2.11 bits per heavy atom. The van der Waals surface area contributed by atoms with Gasteiger partial charge in [0, 0.05) is 25.2 Å². The van der Waals surface area contributed by atoms with Gasteiger partial charge in [0.2, 0.25) is 0 Å². The second-order valence-corrected chi connectivity index (χ2v) is 7.59. The van der Waals surface area contributed by atoms with Crippen molar-refractivity contribution in [3.8, 4) is 0 Å². The van der Waals surface area contributed by atoms with Crippen molar-refractivity contribution >= 4 is 0 Å². The van der Waals surface area contributed by atoms with Crippen molar-refractivity contribution in [1.82, 2.24) is 15.1 Å². The fraction of sp³-hybridized carbons (Fsp3) is 1.00. The number of hydrogen-bond acceptors (Lipinski definition) is 3. The highest BCUT2D eigenvalue weighted by atomic mass is 15.2. The van der Waals surface area contributed by atoms with E-state index in [2.05, 4.69) is 50.1 Å². The summed E-state index contributed by atoms with van der Waals surface area (Å²) >= 11 is 0. The predicted molar refractivity (Wildman–Crippen MR) is 82.5 cm³/mol. The summed E-state index contributed by atoms with van der Waals surface area (Å²) in [5, 5.41) is 3.58. The molecule has 3 heteroatoms. The Hall–Kier alpha value is -0.120. The van der Waals surface area contributed by atoms with E-state index in [4.69, 9.17) is 0 Å². The third kappa shape index (κ3) is 2.98. The first-order valence-corrected chi connectivity index (χ1v) is 7.97. The van der Waals surface area contributed by atoms with Crippen LogP contribution in [0.2, 0.25) is 0 Å². The van der Waals surface area contributed by atoms with Crippen molar-refractivity contribution in [3.05, 3.63) is 0 Å². The molecular weight excluding hydrogens is 234 g/mol. The molecule has 0 amide bonds. The van der Waals surface area contributed by atoms with E-state index in [0.29, 0.717) is 11.0 Å². The highest BCUT2D eigenvalue weighted by Crippen LogP contribution is 2.39. The summed E-state index contributed by atoms with van der Waals surface area (Å²) < 4.78 is 0. The molecule has 1 heterocycles. The van der Waals surface area contributed by atoms with E-state index in [9.17, 15) is 0 Å². The monoisotopic (exact) mass is 267 g/mol. The van der Waals surface area contributed by atoms with E-state index in [1.807, 2.05) is 0 Å². The molecule has 1 saturated heterocycles. The molecule has 0 bridgehead atoms. The number of rotatable bonds is 6. The average Bonchev–Trinajstić information content (AvgIpc) is 2.72. The summed E-state index contributed by atoms with van der Waals surface area (Å²) in [6.45, 7) is 9.66. The zero-order valence-electron chi connectivity index (χ0n) is 13.6. The van der Waals surface area contributed by atoms with Gasteiger partial charge >= 0.3 is 0 Å². The van der Waals surface area contributed by atoms with Crippen LogP contribution >= 0.6 is 0 Å². The van der Waals surface area contributed by atoms with Crippen LogP contribution in [0, 0.1) is 11.3 Å². The third-order valence-electron chi connectivity index (χ3n) is 5.88. The Kier molecular flexibility index (Phi) is 4.59. The first-order chi connectivity index (χ1) is 8.90. The van der Waals surface area contributed by atoms with Gasteiger partial charge < -0.3 is 15.1 Å². The van der Waals surface area contributed by atoms with Gasteiger partial charge in [-0.1, -0.05) is 13.8 Å². The topological polar surface area (TPSA) is 18.5 Å². The van der Waals surface area contributed by atoms with Crippen LogP contribution < -0.4 is 5.32 Å². The van der Waals surface area contributed by atoms with Gasteiger partial charge in [-0.15, -0.1) is 0 Å². The Morgan fingerprint density at radius 2 is 1.74 bits per heavy atom. The normalized spacial score (nSPS) is 30.3. The van der Waals surface area contributed by atoms with Crippen molar-refractivity contribution in [2.45, 2.75) is 45.1 Å². The maximum Gasteiger partial charge on any atom is 0.0330 e. The van der Waals surface area contributed by atoms with E-state index in [1.54, 1.807) is 0 Å². The molecule has 1 atom stereocenters. The molecule has 0 spiro atoms. The molecule has 3 nitrogen and oxygen atoms in total. The van der Waals surface area contributed by atoms with Crippen LogP contribution in [0.3, 0.4) is 0 Å². The highest BCUT2D eigenvalue weighted by molar-refractivity contribution is 4.99. The van der Waals surface area contributed by atoms with Crippen molar-refractivity contribution in [1.29, 1.82) is 0 Å². The van der Waals surface area contributed by atoms with Crippen LogP contribution in [0.25, 0.3) is 0 Å². The van der Waals surface area contributed by atoms with Gasteiger partial charge in [-0.05, 0) is 64.7 Å². The maximum absolute atomic E-state index is 3.58. The standard InChI is InChI=1S/C16H33N3/c1-14(2)15(9-10-17-11-15)12-19(5)13-16(18(3)4)7-6-8-16/h14,17H,6-13H2,1-5H3. The second kappa shape index (κ2) is 5.71. The summed E-state index contributed by atoms with van der Waals surface area (Å²) in [7, 11) is 6.83. The summed E-state index contributed by atoms with van der Waals surface area (Å²) in [4.78, 5) is 5.06. The number of nitrogens with one attached hydrogen (secondary N) is 1. The van der Waals surface area contributed by atoms with Crippen LogP contribution in [-0.4, -0.2) is 62.7 Å². The number of likely N-dealkylation sites (N-methyl/N-ethyl adjacent to an activating group) is 2. The third-order valence-corrected chi connectivity index (χ3v) is 5.88. The van der Waals surface area contributed by atoms with Crippen LogP contribution in [0.15, 0.2) is 0 Å². The summed E-state index contributed by atoms with van der Waals surface area (Å²) in [6.07, 6.45) is 5.49. The Morgan fingerprint density at radius 1 is 1.05 bits per heavy atom. The summed E-state index contributed by atoms with van der Waals surface area (Å²) in [5.41, 5.74) is 0.949. The van der Waals surface area contributed by atoms with Crippen molar-refractivity contribution in [2.75, 3.05) is 47.3 Å². The van der Waals surface area contributed by atoms with Crippen molar-refractivity contribution in [3.63, 3.8) is 0 Å². The smallest absolute Gasteiger partial charge is 0.0330 e. The lowest BCUT2D eigenvalue weighted by atomic mass is 9.73. The molecule has 112 valence electrons. The average molecular weight is 267 g/mol. The van der Waals surface area contributed by atoms with E-state index in [-0.39, 0.29) is 0 Å². The van der Waals surface area contributed by atoms with Gasteiger partial charge in [0.15, 0.2) is 0 Å². The van der Waals surface area contributed by atoms with E-state index in [0.717, 1.165) is 5.92 Å². The van der Waals surface area contributed by atoms with Crippen LogP contribution in [-0.2, 0) is 0 Å². The molecule has 0 aromatic heterocycles. The minimum atomic E-state index is 0.457. The largest absolute Gasteiger partial charge is 0.316 e. The Labute approximate surface area is 119 Å².